The number of rotatable bonds is 6. The average Bonchev–Trinajstić information content (AvgIpc) is 3.25. The van der Waals surface area contributed by atoms with E-state index in [1.54, 1.807) is 25.3 Å². The molecule has 0 spiro atoms. The maximum atomic E-state index is 13.1. The molecule has 136 valence electrons. The van der Waals surface area contributed by atoms with Crippen LogP contribution in [0, 0.1) is 12.7 Å². The monoisotopic (exact) mass is 357 g/mol. The molecular formula is C18H20FN5O2. The summed E-state index contributed by atoms with van der Waals surface area (Å²) in [4.78, 5) is 14.5. The molecule has 8 heteroatoms. The number of carbonyl (C=O) groups excluding carboxylic acids is 1. The Morgan fingerprint density at radius 2 is 2.04 bits per heavy atom. The SMILES string of the molecule is Cc1c(C(=O)NCC(c2ccco2)N(C)C)nnn1-c1ccc(F)cc1. The predicted octanol–water partition coefficient (Wildman–Crippen LogP) is 2.34. The van der Waals surface area contributed by atoms with Gasteiger partial charge in [0.15, 0.2) is 5.69 Å². The average molecular weight is 357 g/mol. The summed E-state index contributed by atoms with van der Waals surface area (Å²) >= 11 is 0. The molecule has 0 fully saturated rings. The highest BCUT2D eigenvalue weighted by Gasteiger charge is 2.21. The number of nitrogens with zero attached hydrogens (tertiary/aromatic N) is 4. The summed E-state index contributed by atoms with van der Waals surface area (Å²) < 4.78 is 20.0. The topological polar surface area (TPSA) is 76.2 Å². The Morgan fingerprint density at radius 1 is 1.31 bits per heavy atom. The molecule has 0 aliphatic heterocycles. The normalized spacial score (nSPS) is 12.3. The zero-order chi connectivity index (χ0) is 18.7. The number of hydrogen-bond acceptors (Lipinski definition) is 5. The number of hydrogen-bond donors (Lipinski definition) is 1. The molecule has 1 aromatic carbocycles. The van der Waals surface area contributed by atoms with E-state index in [0.29, 0.717) is 17.9 Å². The molecule has 0 bridgehead atoms. The van der Waals surface area contributed by atoms with Gasteiger partial charge in [0.05, 0.1) is 23.7 Å². The lowest BCUT2D eigenvalue weighted by Gasteiger charge is -2.22. The molecule has 0 aliphatic carbocycles. The van der Waals surface area contributed by atoms with Crippen LogP contribution in [0.15, 0.2) is 47.1 Å². The van der Waals surface area contributed by atoms with Gasteiger partial charge < -0.3 is 9.73 Å². The lowest BCUT2D eigenvalue weighted by atomic mass is 10.2. The zero-order valence-electron chi connectivity index (χ0n) is 14.8. The maximum absolute atomic E-state index is 13.1. The lowest BCUT2D eigenvalue weighted by Crippen LogP contribution is -2.34. The number of furan rings is 1. The largest absolute Gasteiger partial charge is 0.468 e. The van der Waals surface area contributed by atoms with Crippen molar-refractivity contribution in [1.82, 2.24) is 25.2 Å². The second kappa shape index (κ2) is 7.49. The van der Waals surface area contributed by atoms with E-state index in [1.807, 2.05) is 31.1 Å². The first-order chi connectivity index (χ1) is 12.5. The molecule has 1 amide bonds. The Kier molecular flexibility index (Phi) is 5.13. The minimum absolute atomic E-state index is 0.0959. The van der Waals surface area contributed by atoms with Gasteiger partial charge in [-0.2, -0.15) is 0 Å². The number of carbonyl (C=O) groups is 1. The minimum Gasteiger partial charge on any atom is -0.468 e. The summed E-state index contributed by atoms with van der Waals surface area (Å²) in [5.74, 6) is 0.105. The summed E-state index contributed by atoms with van der Waals surface area (Å²) in [6, 6.07) is 9.41. The van der Waals surface area contributed by atoms with E-state index in [4.69, 9.17) is 4.42 Å². The highest BCUT2D eigenvalue weighted by atomic mass is 19.1. The highest BCUT2D eigenvalue weighted by molar-refractivity contribution is 5.93. The number of nitrogens with one attached hydrogen (secondary N) is 1. The smallest absolute Gasteiger partial charge is 0.273 e. The Morgan fingerprint density at radius 3 is 2.65 bits per heavy atom. The first-order valence-electron chi connectivity index (χ1n) is 8.13. The first kappa shape index (κ1) is 17.8. The van der Waals surface area contributed by atoms with Crippen LogP contribution in [-0.2, 0) is 0 Å². The maximum Gasteiger partial charge on any atom is 0.273 e. The third kappa shape index (κ3) is 3.65. The molecule has 0 aliphatic rings. The fourth-order valence-electron chi connectivity index (χ4n) is 2.66. The summed E-state index contributed by atoms with van der Waals surface area (Å²) in [5.41, 5.74) is 1.44. The van der Waals surface area contributed by atoms with Gasteiger partial charge in [0, 0.05) is 6.54 Å². The van der Waals surface area contributed by atoms with Crippen LogP contribution < -0.4 is 5.32 Å². The van der Waals surface area contributed by atoms with E-state index < -0.39 is 0 Å². The van der Waals surface area contributed by atoms with Crippen LogP contribution in [0.1, 0.15) is 28.0 Å². The van der Waals surface area contributed by atoms with Crippen molar-refractivity contribution in [3.05, 3.63) is 65.6 Å². The third-order valence-corrected chi connectivity index (χ3v) is 4.13. The number of amides is 1. The molecule has 1 N–H and O–H groups in total. The number of aromatic nitrogens is 3. The summed E-state index contributed by atoms with van der Waals surface area (Å²) in [7, 11) is 3.82. The Labute approximate surface area is 150 Å². The fourth-order valence-corrected chi connectivity index (χ4v) is 2.66. The molecule has 7 nitrogen and oxygen atoms in total. The zero-order valence-corrected chi connectivity index (χ0v) is 14.8. The van der Waals surface area contributed by atoms with Gasteiger partial charge >= 0.3 is 0 Å². The van der Waals surface area contributed by atoms with Crippen LogP contribution in [0.5, 0.6) is 0 Å². The number of likely N-dealkylation sites (N-methyl/N-ethyl adjacent to an activating group) is 1. The second-order valence-corrected chi connectivity index (χ2v) is 6.12. The van der Waals surface area contributed by atoms with E-state index >= 15 is 0 Å². The van der Waals surface area contributed by atoms with E-state index in [1.165, 1.54) is 16.8 Å². The van der Waals surface area contributed by atoms with E-state index in [9.17, 15) is 9.18 Å². The van der Waals surface area contributed by atoms with Crippen LogP contribution >= 0.6 is 0 Å². The minimum atomic E-state index is -0.336. The quantitative estimate of drug-likeness (QED) is 0.733. The summed E-state index contributed by atoms with van der Waals surface area (Å²) in [6.07, 6.45) is 1.60. The third-order valence-electron chi connectivity index (χ3n) is 4.13. The molecule has 3 aromatic rings. The molecule has 1 unspecified atom stereocenters. The van der Waals surface area contributed by atoms with E-state index in [2.05, 4.69) is 15.6 Å². The Balaban J connectivity index is 1.73. The van der Waals surface area contributed by atoms with Crippen LogP contribution in [0.4, 0.5) is 4.39 Å². The van der Waals surface area contributed by atoms with Gasteiger partial charge in [0.1, 0.15) is 11.6 Å². The van der Waals surface area contributed by atoms with Crippen molar-refractivity contribution in [3.63, 3.8) is 0 Å². The molecule has 0 radical (unpaired) electrons. The van der Waals surface area contributed by atoms with Gasteiger partial charge in [-0.25, -0.2) is 9.07 Å². The van der Waals surface area contributed by atoms with Gasteiger partial charge in [-0.3, -0.25) is 9.69 Å². The Bertz CT molecular complexity index is 872. The van der Waals surface area contributed by atoms with Gasteiger partial charge in [-0.05, 0) is 57.4 Å². The standard InChI is InChI=1S/C18H20FN5O2/c1-12-17(21-22-24(12)14-8-6-13(19)7-9-14)18(25)20-11-15(23(2)3)16-5-4-10-26-16/h4-10,15H,11H2,1-3H3,(H,20,25). The molecule has 1 atom stereocenters. The molecule has 2 heterocycles. The summed E-state index contributed by atoms with van der Waals surface area (Å²) in [5, 5.41) is 10.8. The van der Waals surface area contributed by atoms with Gasteiger partial charge in [-0.15, -0.1) is 5.10 Å². The van der Waals surface area contributed by atoms with Crippen molar-refractivity contribution in [2.45, 2.75) is 13.0 Å². The van der Waals surface area contributed by atoms with Crippen LogP contribution in [-0.4, -0.2) is 46.4 Å². The molecule has 0 saturated heterocycles. The molecular weight excluding hydrogens is 337 g/mol. The van der Waals surface area contributed by atoms with Crippen molar-refractivity contribution in [1.29, 1.82) is 0 Å². The lowest BCUT2D eigenvalue weighted by molar-refractivity contribution is 0.0933. The second-order valence-electron chi connectivity index (χ2n) is 6.12. The van der Waals surface area contributed by atoms with Crippen molar-refractivity contribution in [3.8, 4) is 5.69 Å². The number of benzene rings is 1. The van der Waals surface area contributed by atoms with Crippen molar-refractivity contribution < 1.29 is 13.6 Å². The molecule has 26 heavy (non-hydrogen) atoms. The van der Waals surface area contributed by atoms with Crippen molar-refractivity contribution in [2.75, 3.05) is 20.6 Å². The van der Waals surface area contributed by atoms with E-state index in [0.717, 1.165) is 5.76 Å². The van der Waals surface area contributed by atoms with Crippen molar-refractivity contribution >= 4 is 5.91 Å². The molecule has 3 rings (SSSR count). The van der Waals surface area contributed by atoms with Crippen LogP contribution in [0.3, 0.4) is 0 Å². The van der Waals surface area contributed by atoms with Gasteiger partial charge in [0.2, 0.25) is 0 Å². The highest BCUT2D eigenvalue weighted by Crippen LogP contribution is 2.18. The predicted molar refractivity (Wildman–Crippen MR) is 93.5 cm³/mol. The summed E-state index contributed by atoms with van der Waals surface area (Å²) in [6.45, 7) is 2.11. The molecule has 0 saturated carbocycles. The Hall–Kier alpha value is -3.00. The van der Waals surface area contributed by atoms with E-state index in [-0.39, 0.29) is 23.5 Å². The van der Waals surface area contributed by atoms with Crippen LogP contribution in [0.2, 0.25) is 0 Å². The first-order valence-corrected chi connectivity index (χ1v) is 8.13. The number of halogens is 1. The fraction of sp³-hybridized carbons (Fsp3) is 0.278. The molecule has 2 aromatic heterocycles. The van der Waals surface area contributed by atoms with Crippen molar-refractivity contribution in [2.24, 2.45) is 0 Å². The van der Waals surface area contributed by atoms with Gasteiger partial charge in [-0.1, -0.05) is 5.21 Å². The van der Waals surface area contributed by atoms with Crippen LogP contribution in [0.25, 0.3) is 5.69 Å². The van der Waals surface area contributed by atoms with Gasteiger partial charge in [0.25, 0.3) is 5.91 Å².